The molecule has 3 saturated heterocycles. The van der Waals surface area contributed by atoms with Crippen molar-refractivity contribution in [3.8, 4) is 0 Å². The van der Waals surface area contributed by atoms with Crippen LogP contribution in [0.1, 0.15) is 26.3 Å². The van der Waals surface area contributed by atoms with Gasteiger partial charge in [-0.2, -0.15) is 0 Å². The molecule has 3 aliphatic rings. The number of alkyl halides is 2. The van der Waals surface area contributed by atoms with Gasteiger partial charge < -0.3 is 29.9 Å². The maximum atomic E-state index is 13.7. The third-order valence-corrected chi connectivity index (χ3v) is 8.62. The predicted octanol–water partition coefficient (Wildman–Crippen LogP) is -2.43. The highest BCUT2D eigenvalue weighted by Crippen LogP contribution is 2.60. The number of aromatic nitrogens is 4. The van der Waals surface area contributed by atoms with E-state index in [1.54, 1.807) is 13.8 Å². The van der Waals surface area contributed by atoms with E-state index in [1.165, 1.54) is 0 Å². The van der Waals surface area contributed by atoms with Crippen molar-refractivity contribution in [2.24, 2.45) is 0 Å². The Bertz CT molecular complexity index is 1610. The Balaban J connectivity index is 0.000000209. The Morgan fingerprint density at radius 1 is 0.977 bits per heavy atom. The highest BCUT2D eigenvalue weighted by Gasteiger charge is 2.63. The molecule has 2 aromatic heterocycles. The van der Waals surface area contributed by atoms with Gasteiger partial charge in [-0.1, -0.05) is 0 Å². The normalized spacial score (nSPS) is 36.6. The molecule has 5 heterocycles. The largest absolute Gasteiger partial charge is 0.475 e. The Morgan fingerprint density at radius 3 is 1.95 bits per heavy atom. The Morgan fingerprint density at radius 2 is 1.52 bits per heavy atom. The van der Waals surface area contributed by atoms with E-state index in [0.717, 1.165) is 33.7 Å². The van der Waals surface area contributed by atoms with E-state index >= 15 is 0 Å². The zero-order chi connectivity index (χ0) is 32.6. The van der Waals surface area contributed by atoms with Gasteiger partial charge in [0.1, 0.15) is 37.8 Å². The molecular formula is C23H31F2N4O14P. The van der Waals surface area contributed by atoms with Crippen LogP contribution in [0.3, 0.4) is 0 Å². The third kappa shape index (κ3) is 6.27. The number of aliphatic hydroxyl groups excluding tert-OH is 4. The summed E-state index contributed by atoms with van der Waals surface area (Å²) < 4.78 is 66.8. The molecule has 0 spiro atoms. The molecule has 3 fully saturated rings. The molecule has 9 atom stereocenters. The van der Waals surface area contributed by atoms with Gasteiger partial charge in [0.2, 0.25) is 0 Å². The summed E-state index contributed by atoms with van der Waals surface area (Å²) >= 11 is 0. The Hall–Kier alpha value is -2.91. The Labute approximate surface area is 245 Å². The fraction of sp³-hybridized carbons (Fsp3) is 0.652. The number of H-pyrrole nitrogens is 2. The molecule has 5 rings (SSSR count). The highest BCUT2D eigenvalue weighted by atomic mass is 31.2. The van der Waals surface area contributed by atoms with Crippen molar-refractivity contribution < 1.29 is 56.8 Å². The zero-order valence-corrected chi connectivity index (χ0v) is 24.0. The van der Waals surface area contributed by atoms with Gasteiger partial charge >= 0.3 is 19.2 Å². The molecule has 2 aromatic rings. The number of nitrogens with zero attached hydrogens (tertiary/aromatic N) is 2. The molecule has 0 saturated carbocycles. The van der Waals surface area contributed by atoms with Gasteiger partial charge in [0.05, 0.1) is 19.3 Å². The number of hydrogen-bond donors (Lipinski definition) is 6. The first-order valence-corrected chi connectivity index (χ1v) is 14.5. The molecule has 0 aliphatic carbocycles. The fourth-order valence-electron chi connectivity index (χ4n) is 4.76. The molecule has 1 unspecified atom stereocenters. The summed E-state index contributed by atoms with van der Waals surface area (Å²) in [7, 11) is -4.02. The summed E-state index contributed by atoms with van der Waals surface area (Å²) in [6.45, 7) is -0.511. The molecule has 44 heavy (non-hydrogen) atoms. The quantitative estimate of drug-likeness (QED) is 0.170. The number of aromatic amines is 2. The smallest absolute Gasteiger partial charge is 0.393 e. The molecule has 0 aromatic carbocycles. The molecule has 3 aliphatic heterocycles. The second kappa shape index (κ2) is 12.8. The number of hydrogen-bond acceptors (Lipinski definition) is 14. The number of aliphatic hydroxyl groups is 4. The minimum Gasteiger partial charge on any atom is -0.393 e. The number of rotatable bonds is 7. The SMILES string of the molecule is CC(C)OP1(=O)OC[C@@]2(CF)O[C@@H](n3ccc(=O)[nH]c3=O)[C@H](O)[C@@H]2O1.O=c1ccn([C@@H]2O[C@@](CO)(CF)[C@@H](O)[C@H]2O)c(=O)[nH]1. The van der Waals surface area contributed by atoms with E-state index in [0.29, 0.717) is 0 Å². The first kappa shape index (κ1) is 34.0. The van der Waals surface area contributed by atoms with E-state index in [4.69, 9.17) is 28.2 Å². The number of halogens is 2. The van der Waals surface area contributed by atoms with Crippen LogP contribution >= 0.6 is 7.82 Å². The van der Waals surface area contributed by atoms with Crippen molar-refractivity contribution in [3.63, 3.8) is 0 Å². The number of fused-ring (bicyclic) bond motifs is 1. The van der Waals surface area contributed by atoms with E-state index in [-0.39, 0.29) is 0 Å². The molecule has 6 N–H and O–H groups in total. The highest BCUT2D eigenvalue weighted by molar-refractivity contribution is 7.48. The van der Waals surface area contributed by atoms with Crippen LogP contribution in [0.4, 0.5) is 8.78 Å². The summed E-state index contributed by atoms with van der Waals surface area (Å²) in [6.07, 6.45) is -7.37. The monoisotopic (exact) mass is 656 g/mol. The minimum absolute atomic E-state index is 0.496. The van der Waals surface area contributed by atoms with Crippen LogP contribution in [0, 0.1) is 0 Å². The second-order valence-corrected chi connectivity index (χ2v) is 12.0. The van der Waals surface area contributed by atoms with E-state index < -0.39 is 111 Å². The number of ether oxygens (including phenoxy) is 2. The van der Waals surface area contributed by atoms with Crippen LogP contribution in [0.2, 0.25) is 0 Å². The molecule has 0 radical (unpaired) electrons. The average Bonchev–Trinajstić information content (AvgIpc) is 3.39. The molecule has 246 valence electrons. The van der Waals surface area contributed by atoms with Gasteiger partial charge in [-0.25, -0.2) is 22.9 Å². The minimum atomic E-state index is -4.02. The predicted molar refractivity (Wildman–Crippen MR) is 140 cm³/mol. The average molecular weight is 656 g/mol. The number of phosphoric acid groups is 1. The fourth-order valence-corrected chi connectivity index (χ4v) is 6.42. The molecule has 21 heteroatoms. The lowest BCUT2D eigenvalue weighted by Gasteiger charge is -2.38. The summed E-state index contributed by atoms with van der Waals surface area (Å²) in [5.74, 6) is 0. The first-order valence-electron chi connectivity index (χ1n) is 13.0. The van der Waals surface area contributed by atoms with Gasteiger partial charge in [-0.05, 0) is 13.8 Å². The van der Waals surface area contributed by atoms with E-state index in [2.05, 4.69) is 0 Å². The van der Waals surface area contributed by atoms with Gasteiger partial charge in [0, 0.05) is 24.5 Å². The third-order valence-electron chi connectivity index (χ3n) is 7.01. The van der Waals surface area contributed by atoms with Crippen LogP contribution in [-0.2, 0) is 27.6 Å². The molecule has 0 bridgehead atoms. The van der Waals surface area contributed by atoms with Crippen LogP contribution in [0.5, 0.6) is 0 Å². The second-order valence-electron chi connectivity index (χ2n) is 10.4. The summed E-state index contributed by atoms with van der Waals surface area (Å²) in [5, 5.41) is 39.1. The van der Waals surface area contributed by atoms with Crippen molar-refractivity contribution in [1.29, 1.82) is 0 Å². The van der Waals surface area contributed by atoms with E-state index in [1.807, 2.05) is 9.97 Å². The summed E-state index contributed by atoms with van der Waals surface area (Å²) in [5.41, 5.74) is -6.76. The maximum Gasteiger partial charge on any atom is 0.475 e. The van der Waals surface area contributed by atoms with Crippen LogP contribution < -0.4 is 22.5 Å². The number of nitrogens with one attached hydrogen (secondary N) is 2. The van der Waals surface area contributed by atoms with Gasteiger partial charge in [0.15, 0.2) is 23.7 Å². The molecule has 18 nitrogen and oxygen atoms in total. The Kier molecular flexibility index (Phi) is 9.91. The first-order chi connectivity index (χ1) is 20.6. The standard InChI is InChI=1S/C13H18FN2O8P.C10H13FN2O6/c1-7(2)23-25(20)21-6-13(5-14)10(24-25)9(18)11(22-13)16-4-3-8(17)15-12(16)19;11-3-10(4-14)7(17)6(16)8(19-10)13-2-1-5(15)12-9(13)18/h3-4,7,9-11,18H,5-6H2,1-2H3,(H,15,17,19);1-2,6-8,14,16-17H,3-4H2,(H,12,15,18)/t9-,10+,11-,13-,25?;6-,7+,8-,10-/m11/s1. The summed E-state index contributed by atoms with van der Waals surface area (Å²) in [6, 6.07) is 2.06. The summed E-state index contributed by atoms with van der Waals surface area (Å²) in [4.78, 5) is 49.5. The van der Waals surface area contributed by atoms with Crippen molar-refractivity contribution >= 4 is 7.82 Å². The van der Waals surface area contributed by atoms with E-state index in [9.17, 15) is 47.8 Å². The lowest BCUT2D eigenvalue weighted by atomic mass is 9.97. The van der Waals surface area contributed by atoms with Crippen molar-refractivity contribution in [3.05, 3.63) is 66.2 Å². The van der Waals surface area contributed by atoms with Crippen molar-refractivity contribution in [1.82, 2.24) is 19.1 Å². The maximum absolute atomic E-state index is 13.7. The van der Waals surface area contributed by atoms with Crippen molar-refractivity contribution in [2.45, 2.75) is 68.0 Å². The van der Waals surface area contributed by atoms with Crippen LogP contribution in [-0.4, -0.2) is 108 Å². The van der Waals surface area contributed by atoms with Crippen LogP contribution in [0.15, 0.2) is 43.7 Å². The zero-order valence-electron chi connectivity index (χ0n) is 23.1. The topological polar surface area (TPSA) is 254 Å². The van der Waals surface area contributed by atoms with Gasteiger partial charge in [-0.15, -0.1) is 0 Å². The van der Waals surface area contributed by atoms with Gasteiger partial charge in [0.25, 0.3) is 11.1 Å². The molecule has 0 amide bonds. The van der Waals surface area contributed by atoms with Crippen molar-refractivity contribution in [2.75, 3.05) is 26.6 Å². The number of phosphoric ester groups is 1. The van der Waals surface area contributed by atoms with Crippen LogP contribution in [0.25, 0.3) is 0 Å². The molecular weight excluding hydrogens is 625 g/mol. The lowest BCUT2D eigenvalue weighted by Crippen LogP contribution is -2.52. The lowest BCUT2D eigenvalue weighted by molar-refractivity contribution is -0.156. The van der Waals surface area contributed by atoms with Gasteiger partial charge in [-0.3, -0.25) is 42.3 Å².